The Morgan fingerprint density at radius 3 is 1.40 bits per heavy atom. The Labute approximate surface area is 17.1 Å². The van der Waals surface area contributed by atoms with Gasteiger partial charge in [-0.1, -0.05) is 6.54 Å². The number of halogens is 1. The molecule has 22 valence electrons. The van der Waals surface area contributed by atoms with E-state index in [9.17, 15) is 4.39 Å². The van der Waals surface area contributed by atoms with E-state index in [4.69, 9.17) is 4.79 Å². The quantitative estimate of drug-likeness (QED) is 0.292. The van der Waals surface area contributed by atoms with Crippen molar-refractivity contribution < 1.29 is 9.18 Å². The van der Waals surface area contributed by atoms with E-state index >= 15 is 0 Å². The molecule has 0 fully saturated rings. The first-order chi connectivity index (χ1) is 1.41. The van der Waals surface area contributed by atoms with Gasteiger partial charge in [-0.2, -0.15) is 0 Å². The second-order valence-electron chi connectivity index (χ2n) is 0.0772. The first kappa shape index (κ1) is 41.6. The van der Waals surface area contributed by atoms with E-state index in [1.807, 2.05) is 0 Å². The van der Waals surface area contributed by atoms with E-state index in [0.29, 0.717) is 0 Å². The summed E-state index contributed by atoms with van der Waals surface area (Å²) >= 11 is 0. The fraction of sp³-hybridized carbons (Fsp3) is 0. The van der Waals surface area contributed by atoms with Crippen molar-refractivity contribution in [2.45, 2.75) is 0 Å². The number of rotatable bonds is 0. The van der Waals surface area contributed by atoms with Crippen molar-refractivity contribution in [3.63, 3.8) is 0 Å². The van der Waals surface area contributed by atoms with Crippen LogP contribution in [0.3, 0.4) is 0 Å². The summed E-state index contributed by atoms with van der Waals surface area (Å²) in [5.41, 5.74) is 0. The molecular weight excluding hydrogens is 581 g/mol. The van der Waals surface area contributed by atoms with Gasteiger partial charge in [0.1, 0.15) is 0 Å². The molecule has 0 saturated carbocycles. The summed E-state index contributed by atoms with van der Waals surface area (Å²) in [5, 5.41) is 0. The Morgan fingerprint density at radius 1 is 1.40 bits per heavy atom. The van der Waals surface area contributed by atoms with Gasteiger partial charge in [-0.25, -0.2) is 0 Å². The SMILES string of the molecule is O=[C-]F.[Rf].[Rf]. The van der Waals surface area contributed by atoms with Crippen LogP contribution in [0.15, 0.2) is 0 Å². The fourth-order valence-corrected chi connectivity index (χ4v) is 0. The predicted octanol–water partition coefficient (Wildman–Crippen LogP) is 0.0231. The van der Waals surface area contributed by atoms with E-state index in [0.717, 1.165) is 0 Å². The molecular formula is CFORf2-. The molecule has 5 heavy (non-hydrogen) atoms. The second kappa shape index (κ2) is 0.294. The molecule has 0 unspecified atom stereocenters. The van der Waals surface area contributed by atoms with Crippen molar-refractivity contribution in [3.8, 4) is 0 Å². The number of hydrogen-bond acceptors (Lipinski definition) is 1. The largest absolute Gasteiger partial charge is 0.507 e. The Kier molecular flexibility index (Phi) is 2.45. The molecule has 0 aliphatic carbocycles. The molecule has 0 N–H and O–H groups in total. The monoisotopic (exact) mass is 581 g/mol. The number of hydrogen-bond donors (Lipinski definition) is 0. The third kappa shape index (κ3) is 0.0444. The van der Waals surface area contributed by atoms with E-state index in [1.54, 1.807) is 0 Å². The van der Waals surface area contributed by atoms with Crippen LogP contribution in [-0.4, -0.2) is 6.54 Å². The maximum Gasteiger partial charge on any atom is 0 e. The van der Waals surface area contributed by atoms with Crippen LogP contribution in [0.5, 0.6) is 0 Å². The Hall–Kier alpha value is -2.40. The molecule has 1 nitrogen and oxygen atoms in total. The molecule has 0 aromatic rings. The third-order valence-electron chi connectivity index (χ3n) is 0. The summed E-state index contributed by atoms with van der Waals surface area (Å²) in [5.74, 6) is 0. The van der Waals surface area contributed by atoms with Gasteiger partial charge in [-0.05, 0) is 0 Å². The minimum atomic E-state index is 0. The second-order valence-corrected chi connectivity index (χ2v) is 0.0772. The van der Waals surface area contributed by atoms with Gasteiger partial charge >= 0.3 is 0 Å². The minimum Gasteiger partial charge on any atom is -0.507 e. The van der Waals surface area contributed by atoms with Gasteiger partial charge in [-0.3, -0.25) is 0 Å². The number of carbonyl (C=O) groups excluding carboxylic acids is 1. The van der Waals surface area contributed by atoms with E-state index in [1.165, 1.54) is 0 Å². The fourth-order valence-electron chi connectivity index (χ4n) is 0. The zero-order valence-electron chi connectivity index (χ0n) is 2.70. The molecule has 0 aliphatic rings. The predicted molar refractivity (Wildman–Crippen MR) is 6.80 cm³/mol. The normalized spacial score (nSPS) is 2.60. The standard InChI is InChI=1S/CFO.2Rf/c2-1-3;;/q-1;;. The van der Waals surface area contributed by atoms with Crippen molar-refractivity contribution in [1.29, 1.82) is 0 Å². The van der Waals surface area contributed by atoms with Crippen molar-refractivity contribution >= 4 is 6.54 Å². The maximum atomic E-state index is 9.49. The zero-order valence-corrected chi connectivity index (χ0v) is 15.5. The molecule has 0 amide bonds. The molecule has 4 heteroatoms. The van der Waals surface area contributed by atoms with E-state index in [-0.39, 0.29) is 6.54 Å². The van der Waals surface area contributed by atoms with E-state index < -0.39 is 0 Å². The minimum absolute atomic E-state index is 0. The van der Waals surface area contributed by atoms with E-state index in [2.05, 4.69) is 0 Å². The van der Waals surface area contributed by atoms with Crippen LogP contribution in [-0.2, 0) is 4.79 Å². The molecule has 0 radical (unpaired) electrons. The Morgan fingerprint density at radius 2 is 1.40 bits per heavy atom. The van der Waals surface area contributed by atoms with Crippen LogP contribution in [0.1, 0.15) is 0 Å². The molecule has 0 atom stereocenters. The van der Waals surface area contributed by atoms with Crippen LogP contribution < -0.4 is 0 Å². The Balaban J connectivity index is -0.0000000200. The van der Waals surface area contributed by atoms with Crippen molar-refractivity contribution in [1.82, 2.24) is 0 Å². The molecule has 0 spiro atoms. The molecule has 0 saturated heterocycles. The first-order valence-electron chi connectivity index (χ1n) is 0.393. The van der Waals surface area contributed by atoms with Crippen LogP contribution in [0.25, 0.3) is 0 Å². The maximum absolute atomic E-state index is 9.49. The average molecular weight is 581 g/mol. The van der Waals surface area contributed by atoms with Gasteiger partial charge in [-0.15, -0.1) is 0 Å². The van der Waals surface area contributed by atoms with Crippen LogP contribution >= 0.6 is 0 Å². The summed E-state index contributed by atoms with van der Waals surface area (Å²) in [6.07, 6.45) is 0. The third-order valence-corrected chi connectivity index (χ3v) is 0. The molecule has 0 aromatic carbocycles. The van der Waals surface area contributed by atoms with Gasteiger partial charge in [0.05, 0.1) is 0 Å². The summed E-state index contributed by atoms with van der Waals surface area (Å²) in [4.78, 5) is 8.01. The van der Waals surface area contributed by atoms with Gasteiger partial charge < -0.3 is 9.18 Å². The summed E-state index contributed by atoms with van der Waals surface area (Å²) < 4.78 is 9.49. The summed E-state index contributed by atoms with van der Waals surface area (Å²) in [6, 6.07) is 0. The van der Waals surface area contributed by atoms with Gasteiger partial charge in [0.15, 0.2) is 0 Å². The molecule has 0 bridgehead atoms. The van der Waals surface area contributed by atoms with Gasteiger partial charge in [0.25, 0.3) is 0 Å². The zero-order chi connectivity index (χ0) is 2.71. The van der Waals surface area contributed by atoms with Crippen molar-refractivity contribution in [3.05, 3.63) is 0 Å². The van der Waals surface area contributed by atoms with Crippen molar-refractivity contribution in [2.75, 3.05) is 0 Å². The first-order valence-corrected chi connectivity index (χ1v) is 0.393. The molecule has 0 aromatic heterocycles. The van der Waals surface area contributed by atoms with Crippen LogP contribution in [0.2, 0.25) is 0 Å². The van der Waals surface area contributed by atoms with Gasteiger partial charge in [0, 0.05) is 0 Å². The average Bonchev–Trinajstić information content (AvgIpc) is 0.918. The summed E-state index contributed by atoms with van der Waals surface area (Å²) in [6.45, 7) is 0. The summed E-state index contributed by atoms with van der Waals surface area (Å²) in [7, 11) is 0. The molecule has 0 rings (SSSR count). The van der Waals surface area contributed by atoms with Crippen LogP contribution in [0.4, 0.5) is 4.39 Å². The van der Waals surface area contributed by atoms with Crippen LogP contribution in [0, 0.1) is 0 Å². The van der Waals surface area contributed by atoms with Crippen molar-refractivity contribution in [2.24, 2.45) is 0 Å². The Bertz CT molecular complexity index is 17.1. The smallest absolute Gasteiger partial charge is 0 e. The topological polar surface area (TPSA) is 17.1 Å². The molecule has 0 heterocycles. The molecule has 0 aliphatic heterocycles. The van der Waals surface area contributed by atoms with Gasteiger partial charge in [0.2, 0.25) is 0 Å².